The molecule has 4 N–H and O–H groups in total. The zero-order valence-electron chi connectivity index (χ0n) is 9.86. The summed E-state index contributed by atoms with van der Waals surface area (Å²) >= 11 is 4.08. The van der Waals surface area contributed by atoms with Gasteiger partial charge >= 0.3 is 0 Å². The number of hydrogen-bond acceptors (Lipinski definition) is 6. The highest BCUT2D eigenvalue weighted by molar-refractivity contribution is 7.80. The zero-order valence-corrected chi connectivity index (χ0v) is 10.8. The number of nitrogens with two attached hydrogens (primary N) is 2. The Kier molecular flexibility index (Phi) is 4.35. The van der Waals surface area contributed by atoms with Crippen LogP contribution in [-0.4, -0.2) is 16.0 Å². The maximum Gasteiger partial charge on any atom is 0.234 e. The Morgan fingerprint density at radius 3 is 2.28 bits per heavy atom. The van der Waals surface area contributed by atoms with Gasteiger partial charge in [0, 0.05) is 5.75 Å². The first-order chi connectivity index (χ1) is 8.70. The Morgan fingerprint density at radius 1 is 1.06 bits per heavy atom. The molecular formula is C12H16N4OS. The molecule has 0 aliphatic carbocycles. The summed E-state index contributed by atoms with van der Waals surface area (Å²) in [6.07, 6.45) is 0.651. The van der Waals surface area contributed by atoms with Crippen molar-refractivity contribution in [3.05, 3.63) is 47.7 Å². The highest BCUT2D eigenvalue weighted by atomic mass is 32.1. The van der Waals surface area contributed by atoms with Gasteiger partial charge in [-0.1, -0.05) is 30.3 Å². The van der Waals surface area contributed by atoms with Gasteiger partial charge in [-0.2, -0.15) is 12.6 Å². The van der Waals surface area contributed by atoms with Crippen molar-refractivity contribution in [1.82, 2.24) is 10.2 Å². The summed E-state index contributed by atoms with van der Waals surface area (Å²) in [7, 11) is 0. The van der Waals surface area contributed by atoms with Crippen molar-refractivity contribution in [2.45, 2.75) is 18.5 Å². The first-order valence-corrected chi connectivity index (χ1v) is 6.33. The molecule has 0 spiro atoms. The predicted octanol–water partition coefficient (Wildman–Crippen LogP) is 1.24. The van der Waals surface area contributed by atoms with E-state index in [4.69, 9.17) is 15.9 Å². The van der Waals surface area contributed by atoms with Gasteiger partial charge in [-0.05, 0) is 12.0 Å². The quantitative estimate of drug-likeness (QED) is 0.707. The third kappa shape index (κ3) is 3.10. The number of hydrogen-bond donors (Lipinski definition) is 3. The van der Waals surface area contributed by atoms with E-state index >= 15 is 0 Å². The summed E-state index contributed by atoms with van der Waals surface area (Å²) in [6.45, 7) is 0. The lowest BCUT2D eigenvalue weighted by atomic mass is 10.1. The third-order valence-corrected chi connectivity index (χ3v) is 2.98. The lowest BCUT2D eigenvalue weighted by molar-refractivity contribution is 0.401. The fourth-order valence-electron chi connectivity index (χ4n) is 1.58. The van der Waals surface area contributed by atoms with Gasteiger partial charge in [-0.25, -0.2) is 0 Å². The summed E-state index contributed by atoms with van der Waals surface area (Å²) in [5.74, 6) is 1.24. The van der Waals surface area contributed by atoms with E-state index in [1.807, 2.05) is 30.3 Å². The van der Waals surface area contributed by atoms with Gasteiger partial charge in [0.05, 0.1) is 12.1 Å². The van der Waals surface area contributed by atoms with Crippen LogP contribution in [0.2, 0.25) is 0 Å². The number of benzene rings is 1. The number of rotatable bonds is 5. The standard InChI is InChI=1S/C12H16N4OS/c13-9(6-8-4-2-1-3-5-8)11-15-16-12(17-11)10(14)7-18/h1-5,9-10,18H,6-7,13-14H2/t9-,10?/m0/s1. The first-order valence-electron chi connectivity index (χ1n) is 5.70. The Bertz CT molecular complexity index is 488. The molecular weight excluding hydrogens is 248 g/mol. The third-order valence-electron chi connectivity index (χ3n) is 2.59. The summed E-state index contributed by atoms with van der Waals surface area (Å²) in [5.41, 5.74) is 12.9. The van der Waals surface area contributed by atoms with Crippen molar-refractivity contribution < 1.29 is 4.42 Å². The van der Waals surface area contributed by atoms with Crippen LogP contribution < -0.4 is 11.5 Å². The fraction of sp³-hybridized carbons (Fsp3) is 0.333. The lowest BCUT2D eigenvalue weighted by Crippen LogP contribution is -2.14. The van der Waals surface area contributed by atoms with Crippen LogP contribution in [0.4, 0.5) is 0 Å². The molecule has 0 bridgehead atoms. The lowest BCUT2D eigenvalue weighted by Gasteiger charge is -2.07. The smallest absolute Gasteiger partial charge is 0.234 e. The Morgan fingerprint density at radius 2 is 1.67 bits per heavy atom. The number of thiol groups is 1. The molecule has 6 heteroatoms. The van der Waals surface area contributed by atoms with Gasteiger partial charge in [0.1, 0.15) is 0 Å². The second-order valence-corrected chi connectivity index (χ2v) is 4.43. The van der Waals surface area contributed by atoms with Crippen molar-refractivity contribution in [2.75, 3.05) is 5.75 Å². The average Bonchev–Trinajstić information content (AvgIpc) is 2.88. The molecule has 0 saturated carbocycles. The normalized spacial score (nSPS) is 14.4. The minimum absolute atomic E-state index is 0.319. The van der Waals surface area contributed by atoms with Gasteiger partial charge in [0.2, 0.25) is 11.8 Å². The van der Waals surface area contributed by atoms with E-state index in [9.17, 15) is 0 Å². The summed E-state index contributed by atoms with van der Waals surface area (Å²) in [5, 5.41) is 7.80. The Hall–Kier alpha value is -1.37. The summed E-state index contributed by atoms with van der Waals surface area (Å²) in [4.78, 5) is 0. The van der Waals surface area contributed by atoms with Crippen LogP contribution in [0.5, 0.6) is 0 Å². The Balaban J connectivity index is 2.05. The predicted molar refractivity (Wildman–Crippen MR) is 72.2 cm³/mol. The van der Waals surface area contributed by atoms with Crippen LogP contribution in [0.1, 0.15) is 29.4 Å². The van der Waals surface area contributed by atoms with Crippen molar-refractivity contribution in [3.63, 3.8) is 0 Å². The average molecular weight is 264 g/mol. The molecule has 2 atom stereocenters. The second kappa shape index (κ2) is 5.99. The largest absolute Gasteiger partial charge is 0.422 e. The first kappa shape index (κ1) is 13.1. The molecule has 96 valence electrons. The molecule has 1 unspecified atom stereocenters. The van der Waals surface area contributed by atoms with E-state index in [0.29, 0.717) is 24.0 Å². The van der Waals surface area contributed by atoms with Gasteiger partial charge < -0.3 is 15.9 Å². The minimum atomic E-state index is -0.349. The summed E-state index contributed by atoms with van der Waals surface area (Å²) < 4.78 is 5.45. The molecule has 1 heterocycles. The van der Waals surface area contributed by atoms with Crippen LogP contribution >= 0.6 is 12.6 Å². The second-order valence-electron chi connectivity index (χ2n) is 4.06. The highest BCUT2D eigenvalue weighted by Crippen LogP contribution is 2.17. The van der Waals surface area contributed by atoms with Crippen LogP contribution in [0, 0.1) is 0 Å². The fourth-order valence-corrected chi connectivity index (χ4v) is 1.74. The van der Waals surface area contributed by atoms with Gasteiger partial charge in [0.15, 0.2) is 0 Å². The van der Waals surface area contributed by atoms with Gasteiger partial charge in [-0.15, -0.1) is 10.2 Å². The van der Waals surface area contributed by atoms with Crippen molar-refractivity contribution in [3.8, 4) is 0 Å². The monoisotopic (exact) mass is 264 g/mol. The molecule has 1 aromatic carbocycles. The van der Waals surface area contributed by atoms with E-state index in [0.717, 1.165) is 5.56 Å². The number of nitrogens with zero attached hydrogens (tertiary/aromatic N) is 2. The summed E-state index contributed by atoms with van der Waals surface area (Å²) in [6, 6.07) is 9.26. The topological polar surface area (TPSA) is 91.0 Å². The number of aromatic nitrogens is 2. The van der Waals surface area contributed by atoms with E-state index < -0.39 is 0 Å². The van der Waals surface area contributed by atoms with Crippen LogP contribution in [-0.2, 0) is 6.42 Å². The van der Waals surface area contributed by atoms with Crippen LogP contribution in [0.15, 0.2) is 34.7 Å². The molecule has 5 nitrogen and oxygen atoms in total. The molecule has 0 fully saturated rings. The van der Waals surface area contributed by atoms with E-state index in [-0.39, 0.29) is 12.1 Å². The molecule has 2 rings (SSSR count). The highest BCUT2D eigenvalue weighted by Gasteiger charge is 2.17. The molecule has 1 aromatic heterocycles. The molecule has 2 aromatic rings. The molecule has 0 amide bonds. The van der Waals surface area contributed by atoms with E-state index in [2.05, 4.69) is 22.8 Å². The molecule has 0 aliphatic heterocycles. The molecule has 0 radical (unpaired) electrons. The maximum atomic E-state index is 6.03. The molecule has 18 heavy (non-hydrogen) atoms. The van der Waals surface area contributed by atoms with Gasteiger partial charge in [-0.3, -0.25) is 0 Å². The van der Waals surface area contributed by atoms with Crippen LogP contribution in [0.3, 0.4) is 0 Å². The van der Waals surface area contributed by atoms with E-state index in [1.165, 1.54) is 0 Å². The molecule has 0 saturated heterocycles. The Labute approximate surface area is 111 Å². The zero-order chi connectivity index (χ0) is 13.0. The van der Waals surface area contributed by atoms with Crippen LogP contribution in [0.25, 0.3) is 0 Å². The van der Waals surface area contributed by atoms with Crippen molar-refractivity contribution in [1.29, 1.82) is 0 Å². The maximum absolute atomic E-state index is 6.03. The SMILES string of the molecule is NC(CS)c1nnc([C@@H](N)Cc2ccccc2)o1. The minimum Gasteiger partial charge on any atom is -0.422 e. The van der Waals surface area contributed by atoms with Crippen molar-refractivity contribution in [2.24, 2.45) is 11.5 Å². The molecule has 0 aliphatic rings. The van der Waals surface area contributed by atoms with E-state index in [1.54, 1.807) is 0 Å². The van der Waals surface area contributed by atoms with Crippen molar-refractivity contribution >= 4 is 12.6 Å². The van der Waals surface area contributed by atoms with Gasteiger partial charge in [0.25, 0.3) is 0 Å².